The van der Waals surface area contributed by atoms with Crippen molar-refractivity contribution in [2.24, 2.45) is 11.7 Å². The zero-order valence-electron chi connectivity index (χ0n) is 8.31. The van der Waals surface area contributed by atoms with Crippen LogP contribution in [0.4, 0.5) is 13.2 Å². The highest BCUT2D eigenvalue weighted by atomic mass is 19.4. The standard InChI is InChI=1S/C11H12F3N/c1-7-6-10(7,15)8-3-2-4-9(5-8)11(12,13)14/h2-5,7H,6,15H2,1H3. The molecule has 2 N–H and O–H groups in total. The fraction of sp³-hybridized carbons (Fsp3) is 0.455. The molecule has 0 aliphatic heterocycles. The first-order valence-corrected chi connectivity index (χ1v) is 4.80. The lowest BCUT2D eigenvalue weighted by Crippen LogP contribution is -2.22. The van der Waals surface area contributed by atoms with Crippen LogP contribution < -0.4 is 5.73 Å². The molecule has 0 heterocycles. The molecule has 0 saturated heterocycles. The third-order valence-electron chi connectivity index (χ3n) is 3.09. The molecule has 0 aromatic heterocycles. The van der Waals surface area contributed by atoms with Crippen LogP contribution in [0.3, 0.4) is 0 Å². The quantitative estimate of drug-likeness (QED) is 0.765. The largest absolute Gasteiger partial charge is 0.416 e. The van der Waals surface area contributed by atoms with Gasteiger partial charge in [0.2, 0.25) is 0 Å². The fourth-order valence-corrected chi connectivity index (χ4v) is 1.84. The summed E-state index contributed by atoms with van der Waals surface area (Å²) in [4.78, 5) is 0. The van der Waals surface area contributed by atoms with Crippen molar-refractivity contribution >= 4 is 0 Å². The Hall–Kier alpha value is -1.03. The van der Waals surface area contributed by atoms with E-state index in [-0.39, 0.29) is 5.92 Å². The Kier molecular flexibility index (Phi) is 2.08. The number of benzene rings is 1. The van der Waals surface area contributed by atoms with Crippen molar-refractivity contribution in [1.29, 1.82) is 0 Å². The van der Waals surface area contributed by atoms with Gasteiger partial charge in [0.25, 0.3) is 0 Å². The molecule has 2 unspecified atom stereocenters. The van der Waals surface area contributed by atoms with Crippen LogP contribution in [0, 0.1) is 5.92 Å². The zero-order valence-corrected chi connectivity index (χ0v) is 8.31. The monoisotopic (exact) mass is 215 g/mol. The Morgan fingerprint density at radius 1 is 1.40 bits per heavy atom. The van der Waals surface area contributed by atoms with E-state index in [1.807, 2.05) is 6.92 Å². The molecule has 0 spiro atoms. The van der Waals surface area contributed by atoms with Crippen LogP contribution >= 0.6 is 0 Å². The SMILES string of the molecule is CC1CC1(N)c1cccc(C(F)(F)F)c1. The topological polar surface area (TPSA) is 26.0 Å². The van der Waals surface area contributed by atoms with E-state index >= 15 is 0 Å². The molecule has 0 bridgehead atoms. The Morgan fingerprint density at radius 3 is 2.47 bits per heavy atom. The summed E-state index contributed by atoms with van der Waals surface area (Å²) in [5.74, 6) is 0.265. The molecular weight excluding hydrogens is 203 g/mol. The molecule has 1 aromatic rings. The lowest BCUT2D eigenvalue weighted by atomic mass is 10.0. The lowest BCUT2D eigenvalue weighted by molar-refractivity contribution is -0.137. The third-order valence-corrected chi connectivity index (χ3v) is 3.09. The van der Waals surface area contributed by atoms with Gasteiger partial charge in [0.05, 0.1) is 5.56 Å². The van der Waals surface area contributed by atoms with Gasteiger partial charge in [0, 0.05) is 5.54 Å². The first kappa shape index (κ1) is 10.5. The van der Waals surface area contributed by atoms with E-state index < -0.39 is 17.3 Å². The van der Waals surface area contributed by atoms with Gasteiger partial charge in [-0.2, -0.15) is 13.2 Å². The zero-order chi connectivity index (χ0) is 11.3. The number of nitrogens with two attached hydrogens (primary N) is 1. The molecule has 1 aliphatic rings. The summed E-state index contributed by atoms with van der Waals surface area (Å²) in [5.41, 5.74) is 5.38. The van der Waals surface area contributed by atoms with Crippen LogP contribution in [0.25, 0.3) is 0 Å². The fourth-order valence-electron chi connectivity index (χ4n) is 1.84. The van der Waals surface area contributed by atoms with Crippen LogP contribution in [0.5, 0.6) is 0 Å². The molecule has 1 nitrogen and oxygen atoms in total. The summed E-state index contributed by atoms with van der Waals surface area (Å²) in [6.07, 6.45) is -3.53. The molecule has 4 heteroatoms. The minimum absolute atomic E-state index is 0.265. The van der Waals surface area contributed by atoms with Crippen LogP contribution in [0.2, 0.25) is 0 Å². The second kappa shape index (κ2) is 2.98. The van der Waals surface area contributed by atoms with Crippen molar-refractivity contribution in [1.82, 2.24) is 0 Å². The second-order valence-corrected chi connectivity index (χ2v) is 4.22. The van der Waals surface area contributed by atoms with Crippen molar-refractivity contribution in [2.45, 2.75) is 25.1 Å². The highest BCUT2D eigenvalue weighted by Crippen LogP contribution is 2.49. The maximum absolute atomic E-state index is 12.4. The van der Waals surface area contributed by atoms with Gasteiger partial charge in [-0.1, -0.05) is 19.1 Å². The maximum Gasteiger partial charge on any atom is 0.416 e. The van der Waals surface area contributed by atoms with Crippen LogP contribution in [-0.2, 0) is 11.7 Å². The van der Waals surface area contributed by atoms with Crippen molar-refractivity contribution in [3.8, 4) is 0 Å². The molecule has 1 aromatic carbocycles. The Labute approximate surface area is 86.1 Å². The van der Waals surface area contributed by atoms with Gasteiger partial charge < -0.3 is 5.73 Å². The first-order valence-electron chi connectivity index (χ1n) is 4.80. The van der Waals surface area contributed by atoms with Crippen molar-refractivity contribution < 1.29 is 13.2 Å². The van der Waals surface area contributed by atoms with Crippen LogP contribution in [0.15, 0.2) is 24.3 Å². The van der Waals surface area contributed by atoms with Gasteiger partial charge in [-0.25, -0.2) is 0 Å². The number of rotatable bonds is 1. The lowest BCUT2D eigenvalue weighted by Gasteiger charge is -2.13. The summed E-state index contributed by atoms with van der Waals surface area (Å²) in [5, 5.41) is 0. The summed E-state index contributed by atoms with van der Waals surface area (Å²) < 4.78 is 37.3. The summed E-state index contributed by atoms with van der Waals surface area (Å²) in [6, 6.07) is 5.31. The third kappa shape index (κ3) is 1.74. The maximum atomic E-state index is 12.4. The van der Waals surface area contributed by atoms with Crippen molar-refractivity contribution in [3.05, 3.63) is 35.4 Å². The van der Waals surface area contributed by atoms with E-state index in [4.69, 9.17) is 5.73 Å². The van der Waals surface area contributed by atoms with Gasteiger partial charge in [0.15, 0.2) is 0 Å². The Morgan fingerprint density at radius 2 is 2.00 bits per heavy atom. The number of halogens is 3. The molecule has 15 heavy (non-hydrogen) atoms. The van der Waals surface area contributed by atoms with Gasteiger partial charge in [-0.05, 0) is 30.0 Å². The van der Waals surface area contributed by atoms with E-state index in [0.29, 0.717) is 5.56 Å². The molecule has 1 saturated carbocycles. The van der Waals surface area contributed by atoms with Crippen molar-refractivity contribution in [2.75, 3.05) is 0 Å². The van der Waals surface area contributed by atoms with Crippen molar-refractivity contribution in [3.63, 3.8) is 0 Å². The molecule has 2 atom stereocenters. The average Bonchev–Trinajstić information content (AvgIpc) is 2.75. The van der Waals surface area contributed by atoms with Gasteiger partial charge in [-0.3, -0.25) is 0 Å². The molecule has 2 rings (SSSR count). The highest BCUT2D eigenvalue weighted by Gasteiger charge is 2.49. The summed E-state index contributed by atoms with van der Waals surface area (Å²) in [6.45, 7) is 1.94. The highest BCUT2D eigenvalue weighted by molar-refractivity contribution is 5.35. The predicted molar refractivity (Wildman–Crippen MR) is 51.1 cm³/mol. The Balaban J connectivity index is 2.36. The molecule has 0 radical (unpaired) electrons. The van der Waals surface area contributed by atoms with E-state index in [0.717, 1.165) is 18.6 Å². The first-order chi connectivity index (χ1) is 6.84. The van der Waals surface area contributed by atoms with Crippen LogP contribution in [0.1, 0.15) is 24.5 Å². The van der Waals surface area contributed by atoms with Gasteiger partial charge in [0.1, 0.15) is 0 Å². The van der Waals surface area contributed by atoms with Crippen LogP contribution in [-0.4, -0.2) is 0 Å². The summed E-state index contributed by atoms with van der Waals surface area (Å²) in [7, 11) is 0. The van der Waals surface area contributed by atoms with E-state index in [1.54, 1.807) is 6.07 Å². The van der Waals surface area contributed by atoms with E-state index in [2.05, 4.69) is 0 Å². The Bertz CT molecular complexity index is 386. The smallest absolute Gasteiger partial charge is 0.321 e. The van der Waals surface area contributed by atoms with Gasteiger partial charge >= 0.3 is 6.18 Å². The number of alkyl halides is 3. The molecule has 1 aliphatic carbocycles. The average molecular weight is 215 g/mol. The number of hydrogen-bond donors (Lipinski definition) is 1. The van der Waals surface area contributed by atoms with E-state index in [9.17, 15) is 13.2 Å². The minimum atomic E-state index is -4.29. The second-order valence-electron chi connectivity index (χ2n) is 4.22. The summed E-state index contributed by atoms with van der Waals surface area (Å²) >= 11 is 0. The molecule has 1 fully saturated rings. The number of hydrogen-bond acceptors (Lipinski definition) is 1. The molecular formula is C11H12F3N. The van der Waals surface area contributed by atoms with E-state index in [1.165, 1.54) is 6.07 Å². The minimum Gasteiger partial charge on any atom is -0.321 e. The molecule has 0 amide bonds. The molecule has 82 valence electrons. The van der Waals surface area contributed by atoms with Gasteiger partial charge in [-0.15, -0.1) is 0 Å². The predicted octanol–water partition coefficient (Wildman–Crippen LogP) is 2.90. The normalized spacial score (nSPS) is 30.3.